The number of rotatable bonds is 5. The van der Waals surface area contributed by atoms with Crippen molar-refractivity contribution in [2.75, 3.05) is 5.32 Å². The Hall–Kier alpha value is -4.09. The van der Waals surface area contributed by atoms with E-state index in [9.17, 15) is 9.59 Å². The first-order valence-corrected chi connectivity index (χ1v) is 11.0. The lowest BCUT2D eigenvalue weighted by atomic mass is 10.0. The van der Waals surface area contributed by atoms with Gasteiger partial charge in [-0.25, -0.2) is 4.98 Å². The van der Waals surface area contributed by atoms with Crippen LogP contribution < -0.4 is 5.32 Å². The number of hydrogen-bond donors (Lipinski definition) is 1. The van der Waals surface area contributed by atoms with E-state index in [2.05, 4.69) is 10.3 Å². The summed E-state index contributed by atoms with van der Waals surface area (Å²) >= 11 is 1.19. The van der Waals surface area contributed by atoms with Crippen molar-refractivity contribution in [2.24, 2.45) is 0 Å². The number of anilines is 1. The van der Waals surface area contributed by atoms with Gasteiger partial charge in [0.1, 0.15) is 4.88 Å². The molecular weight excluding hydrogens is 416 g/mol. The van der Waals surface area contributed by atoms with Crippen molar-refractivity contribution < 1.29 is 9.59 Å². The molecule has 0 saturated carbocycles. The molecule has 1 amide bonds. The van der Waals surface area contributed by atoms with Gasteiger partial charge in [-0.05, 0) is 16.8 Å². The van der Waals surface area contributed by atoms with Crippen LogP contribution in [0.15, 0.2) is 103 Å². The van der Waals surface area contributed by atoms with E-state index in [0.29, 0.717) is 26.8 Å². The molecule has 32 heavy (non-hydrogen) atoms. The minimum absolute atomic E-state index is 0.118. The maximum Gasteiger partial charge on any atom is 0.258 e. The molecule has 154 valence electrons. The van der Waals surface area contributed by atoms with Gasteiger partial charge in [-0.15, -0.1) is 0 Å². The van der Waals surface area contributed by atoms with Crippen molar-refractivity contribution in [1.82, 2.24) is 4.98 Å². The van der Waals surface area contributed by atoms with E-state index in [-0.39, 0.29) is 11.7 Å². The van der Waals surface area contributed by atoms with E-state index in [1.54, 1.807) is 18.2 Å². The second kappa shape index (κ2) is 8.57. The van der Waals surface area contributed by atoms with Crippen molar-refractivity contribution in [2.45, 2.75) is 0 Å². The minimum Gasteiger partial charge on any atom is -0.298 e. The first-order valence-electron chi connectivity index (χ1n) is 10.2. The standard InChI is InChI=1S/C27H18N2O2S/c30-24(20-13-5-2-6-14-20)25-23(19-11-3-1-4-12-19)28-27(32-25)29-26(31)22-17-9-15-18-10-7-8-16-21(18)22/h1-17H,(H,28,29,31). The van der Waals surface area contributed by atoms with Crippen molar-refractivity contribution in [1.29, 1.82) is 0 Å². The molecule has 0 radical (unpaired) electrons. The van der Waals surface area contributed by atoms with Gasteiger partial charge in [0.2, 0.25) is 5.78 Å². The second-order valence-electron chi connectivity index (χ2n) is 7.24. The molecule has 1 heterocycles. The predicted molar refractivity (Wildman–Crippen MR) is 129 cm³/mol. The Kier molecular flexibility index (Phi) is 5.32. The molecule has 1 aromatic heterocycles. The fourth-order valence-electron chi connectivity index (χ4n) is 3.63. The van der Waals surface area contributed by atoms with Crippen LogP contribution in [0.25, 0.3) is 22.0 Å². The molecule has 1 N–H and O–H groups in total. The third-order valence-corrected chi connectivity index (χ3v) is 6.14. The quantitative estimate of drug-likeness (QED) is 0.324. The lowest BCUT2D eigenvalue weighted by Gasteiger charge is -2.06. The average Bonchev–Trinajstić information content (AvgIpc) is 3.28. The summed E-state index contributed by atoms with van der Waals surface area (Å²) in [6.45, 7) is 0. The van der Waals surface area contributed by atoms with Crippen LogP contribution in [0, 0.1) is 0 Å². The maximum absolute atomic E-state index is 13.2. The van der Waals surface area contributed by atoms with Gasteiger partial charge in [-0.1, -0.05) is 108 Å². The highest BCUT2D eigenvalue weighted by atomic mass is 32.1. The van der Waals surface area contributed by atoms with Gasteiger partial charge < -0.3 is 0 Å². The molecule has 0 fully saturated rings. The summed E-state index contributed by atoms with van der Waals surface area (Å²) in [5.74, 6) is -0.374. The van der Waals surface area contributed by atoms with Crippen molar-refractivity contribution in [3.63, 3.8) is 0 Å². The van der Waals surface area contributed by atoms with Crippen LogP contribution in [0.5, 0.6) is 0 Å². The molecule has 4 aromatic carbocycles. The Bertz CT molecular complexity index is 1420. The summed E-state index contributed by atoms with van der Waals surface area (Å²) in [6.07, 6.45) is 0. The molecular formula is C27H18N2O2S. The van der Waals surface area contributed by atoms with Crippen LogP contribution in [0.3, 0.4) is 0 Å². The molecule has 0 unspecified atom stereocenters. The van der Waals surface area contributed by atoms with Crippen LogP contribution in [-0.4, -0.2) is 16.7 Å². The summed E-state index contributed by atoms with van der Waals surface area (Å²) in [5, 5.41) is 5.15. The first kappa shape index (κ1) is 19.8. The fourth-order valence-corrected chi connectivity index (χ4v) is 4.57. The molecule has 4 nitrogen and oxygen atoms in total. The molecule has 5 rings (SSSR count). The monoisotopic (exact) mass is 434 g/mol. The summed E-state index contributed by atoms with van der Waals surface area (Å²) < 4.78 is 0. The molecule has 0 spiro atoms. The van der Waals surface area contributed by atoms with Gasteiger partial charge in [0.05, 0.1) is 5.69 Å². The molecule has 0 aliphatic heterocycles. The zero-order valence-corrected chi connectivity index (χ0v) is 17.8. The SMILES string of the molecule is O=C(c1ccccc1)c1sc(NC(=O)c2cccc3ccccc23)nc1-c1ccccc1. The van der Waals surface area contributed by atoms with Crippen molar-refractivity contribution in [3.05, 3.63) is 119 Å². The van der Waals surface area contributed by atoms with Crippen LogP contribution in [0.4, 0.5) is 5.13 Å². The van der Waals surface area contributed by atoms with Crippen LogP contribution in [0.1, 0.15) is 25.6 Å². The van der Waals surface area contributed by atoms with E-state index in [4.69, 9.17) is 0 Å². The summed E-state index contributed by atoms with van der Waals surface area (Å²) in [4.78, 5) is 31.5. The zero-order valence-electron chi connectivity index (χ0n) is 17.0. The van der Waals surface area contributed by atoms with Gasteiger partial charge in [-0.2, -0.15) is 0 Å². The maximum atomic E-state index is 13.2. The van der Waals surface area contributed by atoms with Crippen molar-refractivity contribution >= 4 is 38.9 Å². The summed E-state index contributed by atoms with van der Waals surface area (Å²) in [7, 11) is 0. The smallest absolute Gasteiger partial charge is 0.258 e. The van der Waals surface area contributed by atoms with Crippen LogP contribution in [-0.2, 0) is 0 Å². The largest absolute Gasteiger partial charge is 0.298 e. The number of ketones is 1. The zero-order chi connectivity index (χ0) is 21.9. The topological polar surface area (TPSA) is 59.1 Å². The predicted octanol–water partition coefficient (Wildman–Crippen LogP) is 6.45. The van der Waals surface area contributed by atoms with Crippen LogP contribution in [0.2, 0.25) is 0 Å². The summed E-state index contributed by atoms with van der Waals surface area (Å²) in [6, 6.07) is 32.0. The van der Waals surface area contributed by atoms with E-state index >= 15 is 0 Å². The van der Waals surface area contributed by atoms with E-state index in [0.717, 1.165) is 16.3 Å². The molecule has 5 heteroatoms. The van der Waals surface area contributed by atoms with Gasteiger partial charge in [0.25, 0.3) is 5.91 Å². The third-order valence-electron chi connectivity index (χ3n) is 5.17. The lowest BCUT2D eigenvalue weighted by Crippen LogP contribution is -2.12. The molecule has 0 saturated heterocycles. The number of thiazole rings is 1. The number of nitrogens with zero attached hydrogens (tertiary/aromatic N) is 1. The van der Waals surface area contributed by atoms with Gasteiger partial charge >= 0.3 is 0 Å². The van der Waals surface area contributed by atoms with Crippen molar-refractivity contribution in [3.8, 4) is 11.3 Å². The Morgan fingerprint density at radius 3 is 2.16 bits per heavy atom. The minimum atomic E-state index is -0.256. The molecule has 0 bridgehead atoms. The molecule has 5 aromatic rings. The van der Waals surface area contributed by atoms with Crippen LogP contribution >= 0.6 is 11.3 Å². The fraction of sp³-hybridized carbons (Fsp3) is 0. The lowest BCUT2D eigenvalue weighted by molar-refractivity contribution is 0.102. The average molecular weight is 435 g/mol. The first-order chi connectivity index (χ1) is 15.7. The highest BCUT2D eigenvalue weighted by Gasteiger charge is 2.22. The van der Waals surface area contributed by atoms with E-state index in [1.807, 2.05) is 84.9 Å². The Morgan fingerprint density at radius 1 is 0.719 bits per heavy atom. The highest BCUT2D eigenvalue weighted by molar-refractivity contribution is 7.18. The summed E-state index contributed by atoms with van der Waals surface area (Å²) in [5.41, 5.74) is 2.54. The Labute approximate surface area is 189 Å². The number of carbonyl (C=O) groups excluding carboxylic acids is 2. The molecule has 0 atom stereocenters. The number of nitrogens with one attached hydrogen (secondary N) is 1. The number of carbonyl (C=O) groups is 2. The number of aromatic nitrogens is 1. The highest BCUT2D eigenvalue weighted by Crippen LogP contribution is 2.33. The molecule has 0 aliphatic rings. The molecule has 0 aliphatic carbocycles. The normalized spacial score (nSPS) is 10.8. The second-order valence-corrected chi connectivity index (χ2v) is 8.24. The van der Waals surface area contributed by atoms with Gasteiger partial charge in [0, 0.05) is 16.7 Å². The van der Waals surface area contributed by atoms with E-state index in [1.165, 1.54) is 11.3 Å². The number of fused-ring (bicyclic) bond motifs is 1. The number of hydrogen-bond acceptors (Lipinski definition) is 4. The third kappa shape index (κ3) is 3.82. The van der Waals surface area contributed by atoms with E-state index < -0.39 is 0 Å². The van der Waals surface area contributed by atoms with Gasteiger partial charge in [0.15, 0.2) is 5.13 Å². The Balaban J connectivity index is 1.54. The van der Waals surface area contributed by atoms with Gasteiger partial charge in [-0.3, -0.25) is 14.9 Å². The number of benzene rings is 4. The Morgan fingerprint density at radius 2 is 1.38 bits per heavy atom. The number of amides is 1.